The number of alkyl carbamates (subject to hydrolysis) is 1. The van der Waals surface area contributed by atoms with Crippen molar-refractivity contribution < 1.29 is 19.4 Å². The van der Waals surface area contributed by atoms with Gasteiger partial charge in [0.15, 0.2) is 0 Å². The van der Waals surface area contributed by atoms with Crippen molar-refractivity contribution >= 4 is 12.1 Å². The Morgan fingerprint density at radius 1 is 1.26 bits per heavy atom. The van der Waals surface area contributed by atoms with Crippen LogP contribution in [-0.2, 0) is 16.0 Å². The molecule has 126 valence electrons. The number of ether oxygens (including phenoxy) is 1. The Morgan fingerprint density at radius 3 is 2.30 bits per heavy atom. The first kappa shape index (κ1) is 17.3. The third-order valence-corrected chi connectivity index (χ3v) is 3.99. The summed E-state index contributed by atoms with van der Waals surface area (Å²) in [7, 11) is 0. The molecule has 2 N–H and O–H groups in total. The highest BCUT2D eigenvalue weighted by molar-refractivity contribution is 5.80. The second-order valence-corrected chi connectivity index (χ2v) is 7.11. The maximum Gasteiger partial charge on any atom is 0.408 e. The van der Waals surface area contributed by atoms with Gasteiger partial charge in [0.25, 0.3) is 0 Å². The van der Waals surface area contributed by atoms with Crippen molar-refractivity contribution in [3.63, 3.8) is 0 Å². The third-order valence-electron chi connectivity index (χ3n) is 3.99. The van der Waals surface area contributed by atoms with Crippen molar-refractivity contribution in [2.75, 3.05) is 0 Å². The van der Waals surface area contributed by atoms with Crippen molar-refractivity contribution in [2.45, 2.75) is 64.0 Å². The van der Waals surface area contributed by atoms with E-state index >= 15 is 0 Å². The number of amides is 1. The number of benzene rings is 1. The molecule has 0 bridgehead atoms. The fourth-order valence-electron chi connectivity index (χ4n) is 2.55. The fraction of sp³-hybridized carbons (Fsp3) is 0.556. The Balaban J connectivity index is 1.95. The van der Waals surface area contributed by atoms with Gasteiger partial charge in [0.05, 0.1) is 0 Å². The number of carbonyl (C=O) groups is 2. The lowest BCUT2D eigenvalue weighted by Crippen LogP contribution is -2.44. The maximum absolute atomic E-state index is 11.8. The Hall–Kier alpha value is -2.04. The summed E-state index contributed by atoms with van der Waals surface area (Å²) in [6, 6.07) is 7.01. The van der Waals surface area contributed by atoms with Gasteiger partial charge in [0.2, 0.25) is 0 Å². The van der Waals surface area contributed by atoms with Gasteiger partial charge in [0.1, 0.15) is 11.6 Å². The molecule has 1 aliphatic rings. The quantitative estimate of drug-likeness (QED) is 0.871. The summed E-state index contributed by atoms with van der Waals surface area (Å²) in [4.78, 5) is 23.1. The second-order valence-electron chi connectivity index (χ2n) is 7.11. The van der Waals surface area contributed by atoms with E-state index in [2.05, 4.69) is 17.4 Å². The average molecular weight is 319 g/mol. The van der Waals surface area contributed by atoms with Gasteiger partial charge in [-0.1, -0.05) is 30.7 Å². The van der Waals surface area contributed by atoms with Crippen LogP contribution < -0.4 is 5.32 Å². The predicted octanol–water partition coefficient (Wildman–Crippen LogP) is 3.47. The molecule has 1 fully saturated rings. The van der Waals surface area contributed by atoms with E-state index in [1.54, 1.807) is 20.8 Å². The number of rotatable bonds is 5. The molecule has 23 heavy (non-hydrogen) atoms. The number of aliphatic carboxylic acids is 1. The Labute approximate surface area is 137 Å². The Morgan fingerprint density at radius 2 is 1.87 bits per heavy atom. The number of carboxylic acids is 1. The van der Waals surface area contributed by atoms with E-state index in [0.717, 1.165) is 5.56 Å². The molecule has 1 aromatic rings. The Kier molecular flexibility index (Phi) is 5.29. The van der Waals surface area contributed by atoms with Gasteiger partial charge in [-0.05, 0) is 50.7 Å². The van der Waals surface area contributed by atoms with E-state index in [-0.39, 0.29) is 6.42 Å². The van der Waals surface area contributed by atoms with E-state index in [9.17, 15) is 14.7 Å². The Bertz CT molecular complexity index is 555. The van der Waals surface area contributed by atoms with Crippen LogP contribution in [0.3, 0.4) is 0 Å². The predicted molar refractivity (Wildman–Crippen MR) is 87.5 cm³/mol. The molecule has 1 aliphatic carbocycles. The summed E-state index contributed by atoms with van der Waals surface area (Å²) in [5.41, 5.74) is 1.54. The molecule has 0 spiro atoms. The molecule has 0 aromatic heterocycles. The zero-order chi connectivity index (χ0) is 17.0. The van der Waals surface area contributed by atoms with Crippen molar-refractivity contribution in [2.24, 2.45) is 0 Å². The largest absolute Gasteiger partial charge is 0.480 e. The zero-order valence-electron chi connectivity index (χ0n) is 14.0. The molecule has 1 atom stereocenters. The molecule has 0 radical (unpaired) electrons. The van der Waals surface area contributed by atoms with E-state index in [1.807, 2.05) is 12.1 Å². The van der Waals surface area contributed by atoms with Crippen molar-refractivity contribution in [3.05, 3.63) is 35.4 Å². The number of hydrogen-bond donors (Lipinski definition) is 2. The van der Waals surface area contributed by atoms with E-state index < -0.39 is 23.7 Å². The lowest BCUT2D eigenvalue weighted by molar-refractivity contribution is -0.139. The standard InChI is InChI=1S/C18H25NO4/c1-18(2,3)23-17(22)19-15(16(20)21)11-12-7-9-14(10-8-12)13-5-4-6-13/h7-10,13,15H,4-6,11H2,1-3H3,(H,19,22)(H,20,21)/t15-/m0/s1. The van der Waals surface area contributed by atoms with Crippen LogP contribution in [0.1, 0.15) is 57.1 Å². The second kappa shape index (κ2) is 7.02. The van der Waals surface area contributed by atoms with Crippen molar-refractivity contribution in [3.8, 4) is 0 Å². The molecule has 5 heteroatoms. The molecule has 1 aromatic carbocycles. The monoisotopic (exact) mass is 319 g/mol. The summed E-state index contributed by atoms with van der Waals surface area (Å²) in [6.07, 6.45) is 3.28. The third kappa shape index (κ3) is 5.27. The molecule has 0 unspecified atom stereocenters. The normalized spacial score (nSPS) is 16.3. The summed E-state index contributed by atoms with van der Waals surface area (Å²) in [5.74, 6) is -0.418. The first-order valence-electron chi connectivity index (χ1n) is 8.06. The van der Waals surface area contributed by atoms with Crippen LogP contribution in [0.4, 0.5) is 4.79 Å². The molecular formula is C18H25NO4. The topological polar surface area (TPSA) is 75.6 Å². The van der Waals surface area contributed by atoms with Crippen LogP contribution in [0, 0.1) is 0 Å². The van der Waals surface area contributed by atoms with Crippen LogP contribution in [0.5, 0.6) is 0 Å². The summed E-state index contributed by atoms with van der Waals surface area (Å²) < 4.78 is 5.12. The van der Waals surface area contributed by atoms with Gasteiger partial charge in [-0.3, -0.25) is 0 Å². The van der Waals surface area contributed by atoms with Gasteiger partial charge in [-0.25, -0.2) is 9.59 Å². The first-order valence-corrected chi connectivity index (χ1v) is 8.06. The zero-order valence-corrected chi connectivity index (χ0v) is 14.0. The summed E-state index contributed by atoms with van der Waals surface area (Å²) in [5, 5.41) is 11.7. The molecule has 0 heterocycles. The highest BCUT2D eigenvalue weighted by Crippen LogP contribution is 2.36. The number of nitrogens with one attached hydrogen (secondary N) is 1. The molecule has 1 saturated carbocycles. The molecule has 0 aliphatic heterocycles. The van der Waals surface area contributed by atoms with Gasteiger partial charge >= 0.3 is 12.1 Å². The van der Waals surface area contributed by atoms with Crippen LogP contribution in [0.25, 0.3) is 0 Å². The summed E-state index contributed by atoms with van der Waals surface area (Å²) in [6.45, 7) is 5.21. The van der Waals surface area contributed by atoms with Gasteiger partial charge < -0.3 is 15.2 Å². The molecule has 5 nitrogen and oxygen atoms in total. The highest BCUT2D eigenvalue weighted by atomic mass is 16.6. The maximum atomic E-state index is 11.8. The van der Waals surface area contributed by atoms with Crippen molar-refractivity contribution in [1.82, 2.24) is 5.32 Å². The minimum atomic E-state index is -1.07. The molecule has 0 saturated heterocycles. The van der Waals surface area contributed by atoms with Crippen LogP contribution >= 0.6 is 0 Å². The van der Waals surface area contributed by atoms with Crippen LogP contribution in [-0.4, -0.2) is 28.8 Å². The first-order chi connectivity index (χ1) is 10.7. The highest BCUT2D eigenvalue weighted by Gasteiger charge is 2.24. The van der Waals surface area contributed by atoms with Crippen LogP contribution in [0.2, 0.25) is 0 Å². The minimum Gasteiger partial charge on any atom is -0.480 e. The van der Waals surface area contributed by atoms with E-state index in [4.69, 9.17) is 4.74 Å². The number of carboxylic acid groups (broad SMARTS) is 1. The van der Waals surface area contributed by atoms with Crippen molar-refractivity contribution in [1.29, 1.82) is 0 Å². The smallest absolute Gasteiger partial charge is 0.408 e. The SMILES string of the molecule is CC(C)(C)OC(=O)N[C@@H](Cc1ccc(C2CCC2)cc1)C(=O)O. The number of carbonyl (C=O) groups excluding carboxylic acids is 1. The summed E-state index contributed by atoms with van der Waals surface area (Å²) >= 11 is 0. The molecular weight excluding hydrogens is 294 g/mol. The molecule has 1 amide bonds. The molecule has 2 rings (SSSR count). The fourth-order valence-corrected chi connectivity index (χ4v) is 2.55. The van der Waals surface area contributed by atoms with Gasteiger partial charge in [-0.2, -0.15) is 0 Å². The lowest BCUT2D eigenvalue weighted by Gasteiger charge is -2.26. The van der Waals surface area contributed by atoms with E-state index in [0.29, 0.717) is 5.92 Å². The average Bonchev–Trinajstić information content (AvgIpc) is 2.35. The van der Waals surface area contributed by atoms with Crippen LogP contribution in [0.15, 0.2) is 24.3 Å². The van der Waals surface area contributed by atoms with Gasteiger partial charge in [-0.15, -0.1) is 0 Å². The lowest BCUT2D eigenvalue weighted by atomic mass is 9.80. The van der Waals surface area contributed by atoms with E-state index in [1.165, 1.54) is 24.8 Å². The number of hydrogen-bond acceptors (Lipinski definition) is 3. The van der Waals surface area contributed by atoms with Gasteiger partial charge in [0, 0.05) is 6.42 Å². The minimum absolute atomic E-state index is 0.236.